The number of benzene rings is 1. The van der Waals surface area contributed by atoms with E-state index in [1.807, 2.05) is 44.7 Å². The van der Waals surface area contributed by atoms with Crippen LogP contribution in [-0.4, -0.2) is 30.5 Å². The summed E-state index contributed by atoms with van der Waals surface area (Å²) in [5.74, 6) is 1.00. The number of carbonyl (C=O) groups excluding carboxylic acids is 1. The van der Waals surface area contributed by atoms with Gasteiger partial charge in [0.25, 0.3) is 0 Å². The lowest BCUT2D eigenvalue weighted by atomic mass is 10.1. The summed E-state index contributed by atoms with van der Waals surface area (Å²) in [7, 11) is 0. The molecule has 0 saturated heterocycles. The van der Waals surface area contributed by atoms with Crippen LogP contribution in [0.1, 0.15) is 31.4 Å². The summed E-state index contributed by atoms with van der Waals surface area (Å²) in [5, 5.41) is 0. The zero-order valence-corrected chi connectivity index (χ0v) is 11.8. The maximum absolute atomic E-state index is 11.8. The molecule has 0 bridgehead atoms. The van der Waals surface area contributed by atoms with Crippen LogP contribution in [0.15, 0.2) is 18.2 Å². The average Bonchev–Trinajstić information content (AvgIpc) is 2.29. The summed E-state index contributed by atoms with van der Waals surface area (Å²) in [5.41, 5.74) is 2.36. The summed E-state index contributed by atoms with van der Waals surface area (Å²) < 4.78 is 5.63. The molecule has 0 spiro atoms. The predicted molar refractivity (Wildman–Crippen MR) is 74.0 cm³/mol. The Morgan fingerprint density at radius 2 is 1.67 bits per heavy atom. The second-order valence-electron chi connectivity index (χ2n) is 4.49. The van der Waals surface area contributed by atoms with Gasteiger partial charge in [-0.1, -0.05) is 6.07 Å². The highest BCUT2D eigenvalue weighted by Crippen LogP contribution is 2.16. The maximum Gasteiger partial charge on any atom is 0.225 e. The molecule has 3 heteroatoms. The Morgan fingerprint density at radius 1 is 1.11 bits per heavy atom. The Labute approximate surface area is 110 Å². The molecule has 0 atom stereocenters. The number of aryl methyl sites for hydroxylation is 2. The van der Waals surface area contributed by atoms with Crippen molar-refractivity contribution in [1.82, 2.24) is 4.90 Å². The van der Waals surface area contributed by atoms with E-state index < -0.39 is 0 Å². The normalized spacial score (nSPS) is 10.2. The van der Waals surface area contributed by atoms with Crippen molar-refractivity contribution in [2.75, 3.05) is 19.7 Å². The van der Waals surface area contributed by atoms with Gasteiger partial charge in [0.05, 0.1) is 13.0 Å². The molecule has 0 aliphatic carbocycles. The first kappa shape index (κ1) is 14.6. The average molecular weight is 249 g/mol. The Balaban J connectivity index is 2.44. The van der Waals surface area contributed by atoms with E-state index in [0.717, 1.165) is 18.8 Å². The maximum atomic E-state index is 11.8. The fourth-order valence-corrected chi connectivity index (χ4v) is 2.01. The molecule has 0 N–H and O–H groups in total. The summed E-state index contributed by atoms with van der Waals surface area (Å²) in [6.07, 6.45) is 0.439. The first-order chi connectivity index (χ1) is 8.56. The molecule has 0 radical (unpaired) electrons. The topological polar surface area (TPSA) is 29.5 Å². The highest BCUT2D eigenvalue weighted by Gasteiger charge is 2.09. The minimum absolute atomic E-state index is 0.157. The van der Waals surface area contributed by atoms with Crippen molar-refractivity contribution < 1.29 is 9.53 Å². The Hall–Kier alpha value is -1.51. The molecule has 1 rings (SSSR count). The van der Waals surface area contributed by atoms with E-state index in [-0.39, 0.29) is 5.91 Å². The van der Waals surface area contributed by atoms with Crippen LogP contribution in [-0.2, 0) is 4.79 Å². The number of hydrogen-bond donors (Lipinski definition) is 0. The van der Waals surface area contributed by atoms with Crippen LogP contribution in [0, 0.1) is 13.8 Å². The third kappa shape index (κ3) is 4.40. The van der Waals surface area contributed by atoms with E-state index >= 15 is 0 Å². The lowest BCUT2D eigenvalue weighted by molar-refractivity contribution is -0.131. The van der Waals surface area contributed by atoms with Gasteiger partial charge in [0.2, 0.25) is 5.91 Å². The van der Waals surface area contributed by atoms with Gasteiger partial charge in [0.15, 0.2) is 0 Å². The molecule has 0 aromatic heterocycles. The Morgan fingerprint density at radius 3 is 2.17 bits per heavy atom. The lowest BCUT2D eigenvalue weighted by Gasteiger charge is -2.18. The third-order valence-corrected chi connectivity index (χ3v) is 2.90. The van der Waals surface area contributed by atoms with Crippen molar-refractivity contribution in [1.29, 1.82) is 0 Å². The van der Waals surface area contributed by atoms with Crippen molar-refractivity contribution in [3.05, 3.63) is 29.3 Å². The fourth-order valence-electron chi connectivity index (χ4n) is 2.01. The smallest absolute Gasteiger partial charge is 0.225 e. The van der Waals surface area contributed by atoms with Crippen LogP contribution >= 0.6 is 0 Å². The van der Waals surface area contributed by atoms with E-state index in [4.69, 9.17) is 4.74 Å². The number of amides is 1. The summed E-state index contributed by atoms with van der Waals surface area (Å²) >= 11 is 0. The predicted octanol–water partition coefficient (Wildman–Crippen LogP) is 2.94. The lowest BCUT2D eigenvalue weighted by Crippen LogP contribution is -2.31. The van der Waals surface area contributed by atoms with Crippen LogP contribution in [0.3, 0.4) is 0 Å². The van der Waals surface area contributed by atoms with Gasteiger partial charge < -0.3 is 9.64 Å². The molecule has 0 saturated carbocycles. The number of ether oxygens (including phenoxy) is 1. The van der Waals surface area contributed by atoms with Gasteiger partial charge in [-0.25, -0.2) is 0 Å². The van der Waals surface area contributed by atoms with E-state index in [1.165, 1.54) is 11.1 Å². The molecule has 1 aromatic rings. The fraction of sp³-hybridized carbons (Fsp3) is 0.533. The van der Waals surface area contributed by atoms with Crippen LogP contribution in [0.5, 0.6) is 5.75 Å². The highest BCUT2D eigenvalue weighted by atomic mass is 16.5. The van der Waals surface area contributed by atoms with Crippen molar-refractivity contribution in [2.45, 2.75) is 34.1 Å². The van der Waals surface area contributed by atoms with Crippen LogP contribution in [0.4, 0.5) is 0 Å². The molecule has 0 unspecified atom stereocenters. The summed E-state index contributed by atoms with van der Waals surface area (Å²) in [6.45, 7) is 10.0. The van der Waals surface area contributed by atoms with Crippen molar-refractivity contribution in [3.8, 4) is 5.75 Å². The molecular formula is C15H23NO2. The third-order valence-electron chi connectivity index (χ3n) is 2.90. The summed E-state index contributed by atoms with van der Waals surface area (Å²) in [4.78, 5) is 13.6. The molecule has 3 nitrogen and oxygen atoms in total. The monoisotopic (exact) mass is 249 g/mol. The molecule has 1 amide bonds. The first-order valence-electron chi connectivity index (χ1n) is 6.55. The molecule has 100 valence electrons. The van der Waals surface area contributed by atoms with E-state index in [2.05, 4.69) is 6.07 Å². The largest absolute Gasteiger partial charge is 0.493 e. The highest BCUT2D eigenvalue weighted by molar-refractivity contribution is 5.76. The second kappa shape index (κ2) is 7.04. The van der Waals surface area contributed by atoms with Gasteiger partial charge in [-0.15, -0.1) is 0 Å². The van der Waals surface area contributed by atoms with Gasteiger partial charge in [-0.3, -0.25) is 4.79 Å². The van der Waals surface area contributed by atoms with Gasteiger partial charge in [-0.2, -0.15) is 0 Å². The quantitative estimate of drug-likeness (QED) is 0.775. The van der Waals surface area contributed by atoms with Crippen molar-refractivity contribution >= 4 is 5.91 Å². The zero-order chi connectivity index (χ0) is 13.5. The molecule has 18 heavy (non-hydrogen) atoms. The Kier molecular flexibility index (Phi) is 5.69. The van der Waals surface area contributed by atoms with Crippen molar-refractivity contribution in [3.63, 3.8) is 0 Å². The molecule has 0 aliphatic rings. The number of carbonyl (C=O) groups is 1. The molecule has 1 aromatic carbocycles. The number of rotatable bonds is 6. The molecule has 0 aliphatic heterocycles. The molecule has 0 fully saturated rings. The van der Waals surface area contributed by atoms with Crippen molar-refractivity contribution in [2.24, 2.45) is 0 Å². The SMILES string of the molecule is CCN(CC)C(=O)CCOc1cc(C)cc(C)c1. The van der Waals surface area contributed by atoms with Gasteiger partial charge in [0.1, 0.15) is 5.75 Å². The minimum Gasteiger partial charge on any atom is -0.493 e. The van der Waals surface area contributed by atoms with E-state index in [0.29, 0.717) is 13.0 Å². The van der Waals surface area contributed by atoms with Gasteiger partial charge in [0, 0.05) is 13.1 Å². The minimum atomic E-state index is 0.157. The van der Waals surface area contributed by atoms with Gasteiger partial charge >= 0.3 is 0 Å². The van der Waals surface area contributed by atoms with E-state index in [9.17, 15) is 4.79 Å². The summed E-state index contributed by atoms with van der Waals surface area (Å²) in [6, 6.07) is 6.09. The van der Waals surface area contributed by atoms with Crippen LogP contribution < -0.4 is 4.74 Å². The zero-order valence-electron chi connectivity index (χ0n) is 11.8. The molecular weight excluding hydrogens is 226 g/mol. The van der Waals surface area contributed by atoms with E-state index in [1.54, 1.807) is 0 Å². The van der Waals surface area contributed by atoms with Crippen LogP contribution in [0.2, 0.25) is 0 Å². The number of nitrogens with zero attached hydrogens (tertiary/aromatic N) is 1. The molecule has 0 heterocycles. The second-order valence-corrected chi connectivity index (χ2v) is 4.49. The first-order valence-corrected chi connectivity index (χ1v) is 6.55. The standard InChI is InChI=1S/C15H23NO2/c1-5-16(6-2)15(17)7-8-18-14-10-12(3)9-13(4)11-14/h9-11H,5-8H2,1-4H3. The van der Waals surface area contributed by atoms with Crippen LogP contribution in [0.25, 0.3) is 0 Å². The Bertz CT molecular complexity index is 377. The number of hydrogen-bond acceptors (Lipinski definition) is 2. The van der Waals surface area contributed by atoms with Gasteiger partial charge in [-0.05, 0) is 51.0 Å².